The fourth-order valence-corrected chi connectivity index (χ4v) is 3.69. The van der Waals surface area contributed by atoms with Gasteiger partial charge in [-0.2, -0.15) is 0 Å². The Kier molecular flexibility index (Phi) is 4.72. The van der Waals surface area contributed by atoms with E-state index >= 15 is 0 Å². The first kappa shape index (κ1) is 16.8. The zero-order chi connectivity index (χ0) is 17.9. The fourth-order valence-electron chi connectivity index (χ4n) is 3.29. The Morgan fingerprint density at radius 2 is 1.38 bits per heavy atom. The van der Waals surface area contributed by atoms with Gasteiger partial charge in [0.05, 0.1) is 11.4 Å². The molecule has 4 aromatic rings. The van der Waals surface area contributed by atoms with Crippen molar-refractivity contribution in [3.8, 4) is 33.9 Å². The third kappa shape index (κ3) is 3.11. The highest BCUT2D eigenvalue weighted by Gasteiger charge is 2.20. The molecule has 0 spiro atoms. The molecule has 0 fully saturated rings. The van der Waals surface area contributed by atoms with Crippen molar-refractivity contribution < 1.29 is 0 Å². The van der Waals surface area contributed by atoms with E-state index in [1.807, 2.05) is 18.2 Å². The van der Waals surface area contributed by atoms with Crippen molar-refractivity contribution in [2.75, 3.05) is 0 Å². The molecule has 0 aliphatic rings. The Morgan fingerprint density at radius 1 is 0.769 bits per heavy atom. The van der Waals surface area contributed by atoms with E-state index in [0.717, 1.165) is 39.4 Å². The molecule has 1 aromatic heterocycles. The van der Waals surface area contributed by atoms with E-state index in [-0.39, 0.29) is 0 Å². The summed E-state index contributed by atoms with van der Waals surface area (Å²) in [4.78, 5) is 5.08. The Morgan fingerprint density at radius 3 is 2.00 bits per heavy atom. The maximum absolute atomic E-state index is 5.08. The third-order valence-corrected chi connectivity index (χ3v) is 4.95. The first-order valence-electron chi connectivity index (χ1n) is 8.75. The first-order chi connectivity index (χ1) is 12.8. The van der Waals surface area contributed by atoms with Gasteiger partial charge in [-0.15, -0.1) is 0 Å². The zero-order valence-corrected chi connectivity index (χ0v) is 16.1. The van der Waals surface area contributed by atoms with Gasteiger partial charge in [0.25, 0.3) is 0 Å². The van der Waals surface area contributed by atoms with Crippen LogP contribution in [0.4, 0.5) is 0 Å². The number of hydrogen-bond donors (Lipinski definition) is 0. The van der Waals surface area contributed by atoms with Crippen molar-refractivity contribution in [3.05, 3.63) is 89.4 Å². The molecule has 0 aliphatic carbocycles. The van der Waals surface area contributed by atoms with Gasteiger partial charge in [0.15, 0.2) is 0 Å². The van der Waals surface area contributed by atoms with Crippen molar-refractivity contribution in [2.24, 2.45) is 0 Å². The Hall–Kier alpha value is -2.65. The van der Waals surface area contributed by atoms with Crippen LogP contribution in [0, 0.1) is 0 Å². The second-order valence-corrected chi connectivity index (χ2v) is 7.03. The molecule has 0 unspecified atom stereocenters. The molecule has 3 aromatic carbocycles. The fraction of sp³-hybridized carbons (Fsp3) is 0.0870. The summed E-state index contributed by atoms with van der Waals surface area (Å²) >= 11 is 3.58. The number of nitrogens with zero attached hydrogens (tertiary/aromatic N) is 2. The average Bonchev–Trinajstić information content (AvgIpc) is 3.09. The predicted molar refractivity (Wildman–Crippen MR) is 112 cm³/mol. The maximum atomic E-state index is 5.08. The number of rotatable bonds is 4. The van der Waals surface area contributed by atoms with Crippen LogP contribution in [0.25, 0.3) is 33.9 Å². The lowest BCUT2D eigenvalue weighted by Gasteiger charge is -2.11. The van der Waals surface area contributed by atoms with E-state index in [1.54, 1.807) is 0 Å². The standard InChI is InChI=1S/C23H19BrN2/c1-2-26-22(18-12-7-4-8-13-18)21(17-10-5-3-6-11-17)25-23(26)19-14-9-15-20(24)16-19/h3-16H,2H2,1H3. The zero-order valence-electron chi connectivity index (χ0n) is 14.6. The molecule has 0 saturated carbocycles. The van der Waals surface area contributed by atoms with Gasteiger partial charge in [0.2, 0.25) is 0 Å². The molecule has 26 heavy (non-hydrogen) atoms. The molecular formula is C23H19BrN2. The number of halogens is 1. The van der Waals surface area contributed by atoms with Gasteiger partial charge in [-0.25, -0.2) is 4.98 Å². The molecule has 128 valence electrons. The molecule has 0 saturated heterocycles. The lowest BCUT2D eigenvalue weighted by molar-refractivity contribution is 0.778. The first-order valence-corrected chi connectivity index (χ1v) is 9.54. The van der Waals surface area contributed by atoms with Crippen LogP contribution in [-0.4, -0.2) is 9.55 Å². The summed E-state index contributed by atoms with van der Waals surface area (Å²) in [5, 5.41) is 0. The second-order valence-electron chi connectivity index (χ2n) is 6.12. The van der Waals surface area contributed by atoms with Crippen LogP contribution in [0.2, 0.25) is 0 Å². The molecule has 4 rings (SSSR count). The topological polar surface area (TPSA) is 17.8 Å². The maximum Gasteiger partial charge on any atom is 0.141 e. The summed E-state index contributed by atoms with van der Waals surface area (Å²) in [5.41, 5.74) is 5.61. The molecule has 0 aliphatic heterocycles. The number of hydrogen-bond acceptors (Lipinski definition) is 1. The van der Waals surface area contributed by atoms with Gasteiger partial charge in [-0.3, -0.25) is 0 Å². The summed E-state index contributed by atoms with van der Waals surface area (Å²) in [7, 11) is 0. The summed E-state index contributed by atoms with van der Waals surface area (Å²) in [6.07, 6.45) is 0. The molecule has 3 heteroatoms. The van der Waals surface area contributed by atoms with E-state index in [0.29, 0.717) is 0 Å². The monoisotopic (exact) mass is 402 g/mol. The van der Waals surface area contributed by atoms with Crippen molar-refractivity contribution >= 4 is 15.9 Å². The predicted octanol–water partition coefficient (Wildman–Crippen LogP) is 6.67. The molecule has 0 radical (unpaired) electrons. The molecule has 0 N–H and O–H groups in total. The molecule has 0 bridgehead atoms. The summed E-state index contributed by atoms with van der Waals surface area (Å²) < 4.78 is 3.36. The molecule has 0 amide bonds. The molecule has 0 atom stereocenters. The highest BCUT2D eigenvalue weighted by atomic mass is 79.9. The van der Waals surface area contributed by atoms with Gasteiger partial charge in [-0.1, -0.05) is 88.7 Å². The van der Waals surface area contributed by atoms with Crippen LogP contribution < -0.4 is 0 Å². The number of imidazole rings is 1. The largest absolute Gasteiger partial charge is 0.324 e. The second kappa shape index (κ2) is 7.30. The van der Waals surface area contributed by atoms with Gasteiger partial charge >= 0.3 is 0 Å². The van der Waals surface area contributed by atoms with Gasteiger partial charge in [-0.05, 0) is 19.1 Å². The quantitative estimate of drug-likeness (QED) is 0.372. The van der Waals surface area contributed by atoms with Gasteiger partial charge in [0, 0.05) is 27.7 Å². The van der Waals surface area contributed by atoms with E-state index in [1.165, 1.54) is 5.56 Å². The van der Waals surface area contributed by atoms with Crippen LogP contribution in [0.5, 0.6) is 0 Å². The summed E-state index contributed by atoms with van der Waals surface area (Å²) in [6, 6.07) is 29.3. The van der Waals surface area contributed by atoms with Gasteiger partial charge in [0.1, 0.15) is 5.82 Å². The SMILES string of the molecule is CCn1c(-c2cccc(Br)c2)nc(-c2ccccc2)c1-c1ccccc1. The normalized spacial score (nSPS) is 10.8. The smallest absolute Gasteiger partial charge is 0.141 e. The lowest BCUT2D eigenvalue weighted by atomic mass is 10.0. The van der Waals surface area contributed by atoms with Crippen LogP contribution in [-0.2, 0) is 6.54 Å². The van der Waals surface area contributed by atoms with E-state index in [2.05, 4.69) is 94.2 Å². The van der Waals surface area contributed by atoms with Crippen LogP contribution in [0.1, 0.15) is 6.92 Å². The Labute approximate surface area is 162 Å². The minimum absolute atomic E-state index is 0.853. The van der Waals surface area contributed by atoms with E-state index in [4.69, 9.17) is 4.98 Å². The van der Waals surface area contributed by atoms with E-state index in [9.17, 15) is 0 Å². The highest BCUT2D eigenvalue weighted by Crippen LogP contribution is 2.36. The molecular weight excluding hydrogens is 384 g/mol. The van der Waals surface area contributed by atoms with Gasteiger partial charge < -0.3 is 4.57 Å². The highest BCUT2D eigenvalue weighted by molar-refractivity contribution is 9.10. The summed E-state index contributed by atoms with van der Waals surface area (Å²) in [5.74, 6) is 0.992. The minimum Gasteiger partial charge on any atom is -0.324 e. The third-order valence-electron chi connectivity index (χ3n) is 4.46. The van der Waals surface area contributed by atoms with Crippen molar-refractivity contribution in [1.29, 1.82) is 0 Å². The van der Waals surface area contributed by atoms with Crippen LogP contribution in [0.3, 0.4) is 0 Å². The van der Waals surface area contributed by atoms with Crippen molar-refractivity contribution in [3.63, 3.8) is 0 Å². The van der Waals surface area contributed by atoms with Crippen molar-refractivity contribution in [2.45, 2.75) is 13.5 Å². The molecule has 2 nitrogen and oxygen atoms in total. The van der Waals surface area contributed by atoms with Crippen molar-refractivity contribution in [1.82, 2.24) is 9.55 Å². The lowest BCUT2D eigenvalue weighted by Crippen LogP contribution is -2.00. The Balaban J connectivity index is 2.02. The summed E-state index contributed by atoms with van der Waals surface area (Å²) in [6.45, 7) is 3.02. The Bertz CT molecular complexity index is 1020. The number of benzene rings is 3. The van der Waals surface area contributed by atoms with Crippen LogP contribution in [0.15, 0.2) is 89.4 Å². The minimum atomic E-state index is 0.853. The van der Waals surface area contributed by atoms with Crippen LogP contribution >= 0.6 is 15.9 Å². The molecule has 1 heterocycles. The van der Waals surface area contributed by atoms with E-state index < -0.39 is 0 Å². The average molecular weight is 403 g/mol. The number of aromatic nitrogens is 2.